The minimum atomic E-state index is 0.436. The van der Waals surface area contributed by atoms with Crippen molar-refractivity contribution in [1.82, 2.24) is 24.3 Å². The highest BCUT2D eigenvalue weighted by molar-refractivity contribution is 5.90. The minimum absolute atomic E-state index is 0.436. The lowest BCUT2D eigenvalue weighted by Crippen LogP contribution is -2.04. The first-order valence-electron chi connectivity index (χ1n) is 13.3. The van der Waals surface area contributed by atoms with Gasteiger partial charge in [0, 0.05) is 30.0 Å². The third-order valence-corrected chi connectivity index (χ3v) is 6.36. The molecule has 0 saturated carbocycles. The number of aryl methyl sites for hydroxylation is 1. The van der Waals surface area contributed by atoms with Gasteiger partial charge in [0.1, 0.15) is 18.7 Å². The number of aromatic nitrogens is 5. The lowest BCUT2D eigenvalue weighted by molar-refractivity contribution is 0.0763. The van der Waals surface area contributed by atoms with E-state index in [9.17, 15) is 0 Å². The van der Waals surface area contributed by atoms with Gasteiger partial charge in [-0.25, -0.2) is 9.97 Å². The molecule has 0 aromatic carbocycles. The van der Waals surface area contributed by atoms with Crippen LogP contribution in [0.5, 0.6) is 0 Å². The van der Waals surface area contributed by atoms with Crippen LogP contribution in [0.4, 0.5) is 0 Å². The third-order valence-electron chi connectivity index (χ3n) is 6.36. The molecule has 0 amide bonds. The Bertz CT molecular complexity index is 1060. The van der Waals surface area contributed by atoms with Crippen LogP contribution in [-0.2, 0) is 18.0 Å². The zero-order chi connectivity index (χ0) is 24.9. The van der Waals surface area contributed by atoms with Crippen LogP contribution < -0.4 is 0 Å². The first-order valence-corrected chi connectivity index (χ1v) is 13.3. The van der Waals surface area contributed by atoms with E-state index in [1.54, 1.807) is 17.2 Å². The van der Waals surface area contributed by atoms with E-state index < -0.39 is 0 Å². The zero-order valence-corrected chi connectivity index (χ0v) is 21.9. The smallest absolute Gasteiger partial charge is 0.145 e. The highest BCUT2D eigenvalue weighted by atomic mass is 16.5. The molecular formula is C28H42N6O. The average molecular weight is 479 g/mol. The van der Waals surface area contributed by atoms with Crippen molar-refractivity contribution >= 4 is 11.0 Å². The van der Waals surface area contributed by atoms with Gasteiger partial charge in [-0.3, -0.25) is 4.68 Å². The molecule has 35 heavy (non-hydrogen) atoms. The molecule has 0 saturated heterocycles. The van der Waals surface area contributed by atoms with Gasteiger partial charge >= 0.3 is 0 Å². The van der Waals surface area contributed by atoms with Gasteiger partial charge in [0.05, 0.1) is 30.9 Å². The summed E-state index contributed by atoms with van der Waals surface area (Å²) >= 11 is 0. The second kappa shape index (κ2) is 14.0. The SMILES string of the molecule is CC(C)(C)CCCCCCCCCCCOCn1ccc2c(-c3cnn(CCC#N)c3)ncnc21. The molecule has 0 aliphatic heterocycles. The van der Waals surface area contributed by atoms with Crippen LogP contribution in [0.25, 0.3) is 22.3 Å². The van der Waals surface area contributed by atoms with Crippen LogP contribution in [0.15, 0.2) is 31.0 Å². The molecule has 3 aromatic heterocycles. The summed E-state index contributed by atoms with van der Waals surface area (Å²) in [5.41, 5.74) is 3.13. The maximum atomic E-state index is 8.77. The summed E-state index contributed by atoms with van der Waals surface area (Å²) in [5.74, 6) is 0. The van der Waals surface area contributed by atoms with Crippen LogP contribution in [-0.4, -0.2) is 30.9 Å². The van der Waals surface area contributed by atoms with Crippen LogP contribution in [0, 0.1) is 16.7 Å². The molecule has 0 spiro atoms. The molecule has 0 aliphatic rings. The van der Waals surface area contributed by atoms with E-state index >= 15 is 0 Å². The minimum Gasteiger partial charge on any atom is -0.361 e. The fraction of sp³-hybridized carbons (Fsp3) is 0.643. The second-order valence-electron chi connectivity index (χ2n) is 10.7. The van der Waals surface area contributed by atoms with Crippen molar-refractivity contribution in [2.45, 2.75) is 105 Å². The molecule has 0 bridgehead atoms. The van der Waals surface area contributed by atoms with E-state index in [0.29, 0.717) is 25.1 Å². The summed E-state index contributed by atoms with van der Waals surface area (Å²) < 4.78 is 9.74. The maximum absolute atomic E-state index is 8.77. The third kappa shape index (κ3) is 9.10. The van der Waals surface area contributed by atoms with Crippen molar-refractivity contribution in [1.29, 1.82) is 5.26 Å². The van der Waals surface area contributed by atoms with E-state index in [-0.39, 0.29) is 0 Å². The fourth-order valence-corrected chi connectivity index (χ4v) is 4.37. The maximum Gasteiger partial charge on any atom is 0.145 e. The number of hydrogen-bond acceptors (Lipinski definition) is 5. The highest BCUT2D eigenvalue weighted by Crippen LogP contribution is 2.26. The molecule has 190 valence electrons. The Morgan fingerprint density at radius 2 is 1.69 bits per heavy atom. The Hall–Kier alpha value is -2.72. The Morgan fingerprint density at radius 1 is 0.971 bits per heavy atom. The van der Waals surface area contributed by atoms with Gasteiger partial charge in [-0.15, -0.1) is 0 Å². The lowest BCUT2D eigenvalue weighted by Gasteiger charge is -2.17. The predicted molar refractivity (Wildman–Crippen MR) is 141 cm³/mol. The normalized spacial score (nSPS) is 11.8. The van der Waals surface area contributed by atoms with Gasteiger partial charge in [-0.05, 0) is 24.3 Å². The predicted octanol–water partition coefficient (Wildman–Crippen LogP) is 7.13. The van der Waals surface area contributed by atoms with Gasteiger partial charge < -0.3 is 9.30 Å². The van der Waals surface area contributed by atoms with E-state index in [0.717, 1.165) is 35.3 Å². The quantitative estimate of drug-likeness (QED) is 0.205. The molecular weight excluding hydrogens is 436 g/mol. The number of nitriles is 1. The highest BCUT2D eigenvalue weighted by Gasteiger charge is 2.12. The van der Waals surface area contributed by atoms with E-state index in [1.165, 1.54) is 57.8 Å². The topological polar surface area (TPSA) is 81.5 Å². The summed E-state index contributed by atoms with van der Waals surface area (Å²) in [6.45, 7) is 8.85. The number of rotatable bonds is 16. The molecule has 3 heterocycles. The summed E-state index contributed by atoms with van der Waals surface area (Å²) in [6, 6.07) is 4.18. The molecule has 7 heteroatoms. The molecule has 7 nitrogen and oxygen atoms in total. The largest absolute Gasteiger partial charge is 0.361 e. The van der Waals surface area contributed by atoms with E-state index in [2.05, 4.69) is 41.9 Å². The first-order chi connectivity index (χ1) is 17.0. The van der Waals surface area contributed by atoms with Crippen molar-refractivity contribution in [2.24, 2.45) is 5.41 Å². The Labute approximate surface area is 210 Å². The van der Waals surface area contributed by atoms with Crippen molar-refractivity contribution in [3.05, 3.63) is 31.0 Å². The molecule has 0 atom stereocenters. The Morgan fingerprint density at radius 3 is 2.40 bits per heavy atom. The van der Waals surface area contributed by atoms with Gasteiger partial charge in [0.25, 0.3) is 0 Å². The molecule has 0 aliphatic carbocycles. The number of ether oxygens (including phenoxy) is 1. The first kappa shape index (κ1) is 26.9. The van der Waals surface area contributed by atoms with Gasteiger partial charge in [0.15, 0.2) is 0 Å². The monoisotopic (exact) mass is 478 g/mol. The summed E-state index contributed by atoms with van der Waals surface area (Å²) in [4.78, 5) is 8.95. The van der Waals surface area contributed by atoms with Crippen molar-refractivity contribution in [2.75, 3.05) is 6.61 Å². The van der Waals surface area contributed by atoms with Crippen LogP contribution in [0.1, 0.15) is 91.4 Å². The van der Waals surface area contributed by atoms with E-state index in [1.807, 2.05) is 23.0 Å². The number of unbranched alkanes of at least 4 members (excludes halogenated alkanes) is 8. The van der Waals surface area contributed by atoms with Gasteiger partial charge in [0.2, 0.25) is 0 Å². The van der Waals surface area contributed by atoms with Crippen LogP contribution >= 0.6 is 0 Å². The van der Waals surface area contributed by atoms with Gasteiger partial charge in [-0.1, -0.05) is 72.1 Å². The number of nitrogens with zero attached hydrogens (tertiary/aromatic N) is 6. The summed E-state index contributed by atoms with van der Waals surface area (Å²) in [5, 5.41) is 14.1. The van der Waals surface area contributed by atoms with Crippen molar-refractivity contribution < 1.29 is 4.74 Å². The van der Waals surface area contributed by atoms with E-state index in [4.69, 9.17) is 10.00 Å². The Kier molecular flexibility index (Phi) is 10.7. The standard InChI is InChI=1S/C28H42N6O/c1-28(2,3)15-11-9-7-5-4-6-8-10-12-19-35-23-33-18-14-25-26(30-22-31-27(25)33)24-20-32-34(21-24)17-13-16-29/h14,18,20-22H,4-13,15,17,19,23H2,1-3H3. The molecule has 0 unspecified atom stereocenters. The zero-order valence-electron chi connectivity index (χ0n) is 21.9. The Balaban J connectivity index is 1.31. The molecule has 0 radical (unpaired) electrons. The lowest BCUT2D eigenvalue weighted by atomic mass is 9.89. The fourth-order valence-electron chi connectivity index (χ4n) is 4.37. The number of fused-ring (bicyclic) bond motifs is 1. The van der Waals surface area contributed by atoms with Crippen molar-refractivity contribution in [3.8, 4) is 17.3 Å². The van der Waals surface area contributed by atoms with Crippen molar-refractivity contribution in [3.63, 3.8) is 0 Å². The molecule has 0 fully saturated rings. The van der Waals surface area contributed by atoms with Crippen LogP contribution in [0.3, 0.4) is 0 Å². The van der Waals surface area contributed by atoms with Gasteiger partial charge in [-0.2, -0.15) is 10.4 Å². The molecule has 3 aromatic rings. The molecule has 0 N–H and O–H groups in total. The van der Waals surface area contributed by atoms with Crippen LogP contribution in [0.2, 0.25) is 0 Å². The summed E-state index contributed by atoms with van der Waals surface area (Å²) in [6.07, 6.45) is 21.0. The molecule has 3 rings (SSSR count). The summed E-state index contributed by atoms with van der Waals surface area (Å²) in [7, 11) is 0. The number of hydrogen-bond donors (Lipinski definition) is 0. The average Bonchev–Trinajstić information content (AvgIpc) is 3.47. The second-order valence-corrected chi connectivity index (χ2v) is 10.7.